The van der Waals surface area contributed by atoms with Gasteiger partial charge in [-0.3, -0.25) is 9.59 Å². The van der Waals surface area contributed by atoms with Gasteiger partial charge >= 0.3 is 12.1 Å². The largest absolute Gasteiger partial charge is 0.497 e. The number of ether oxygens (including phenoxy) is 1. The second-order valence-corrected chi connectivity index (χ2v) is 6.71. The number of benzene rings is 1. The van der Waals surface area contributed by atoms with Crippen LogP contribution in [0.1, 0.15) is 30.1 Å². The molecule has 2 rings (SSSR count). The zero-order chi connectivity index (χ0) is 23.4. The number of methoxy groups -OCH3 is 1. The number of carbonyl (C=O) groups excluding carboxylic acids is 2. The van der Waals surface area contributed by atoms with Gasteiger partial charge in [-0.25, -0.2) is 4.79 Å². The van der Waals surface area contributed by atoms with Gasteiger partial charge in [0.1, 0.15) is 5.75 Å². The van der Waals surface area contributed by atoms with Crippen LogP contribution in [0.2, 0.25) is 0 Å². The predicted molar refractivity (Wildman–Crippen MR) is 107 cm³/mol. The first-order chi connectivity index (χ1) is 14.6. The fourth-order valence-electron chi connectivity index (χ4n) is 2.83. The van der Waals surface area contributed by atoms with Crippen molar-refractivity contribution in [3.63, 3.8) is 0 Å². The van der Waals surface area contributed by atoms with E-state index in [4.69, 9.17) is 14.6 Å². The van der Waals surface area contributed by atoms with E-state index in [-0.39, 0.29) is 11.8 Å². The van der Waals surface area contributed by atoms with Gasteiger partial charge in [-0.05, 0) is 24.6 Å². The molecule has 0 bridgehead atoms. The third-order valence-corrected chi connectivity index (χ3v) is 4.41. The zero-order valence-electron chi connectivity index (χ0n) is 17.6. The van der Waals surface area contributed by atoms with Crippen LogP contribution in [0.5, 0.6) is 5.75 Å². The molecule has 0 unspecified atom stereocenters. The number of amides is 2. The first-order valence-corrected chi connectivity index (χ1v) is 9.82. The number of aliphatic carboxylic acids is 1. The molecule has 1 heterocycles. The SMILES string of the molecule is CCCN(CCC(=O)N1CCNCC1)C(=O)c1cccc(OC)c1.O=C(O)C(F)(F)F. The standard InChI is InChI=1S/C18H27N3O3.C2HF3O2/c1-3-10-21(11-7-17(22)20-12-8-19-9-13-20)18(23)15-5-4-6-16(14-15)24-2;3-2(4,5)1(6)7/h4-6,14,19H,3,7-13H2,1-2H3;(H,6,7). The van der Waals surface area contributed by atoms with E-state index in [1.54, 1.807) is 24.1 Å². The van der Waals surface area contributed by atoms with Crippen LogP contribution in [0.4, 0.5) is 13.2 Å². The Balaban J connectivity index is 0.000000592. The molecule has 11 heteroatoms. The monoisotopic (exact) mass is 447 g/mol. The number of piperazine rings is 1. The van der Waals surface area contributed by atoms with Crippen molar-refractivity contribution in [1.82, 2.24) is 15.1 Å². The summed E-state index contributed by atoms with van der Waals surface area (Å²) in [5.41, 5.74) is 0.595. The minimum atomic E-state index is -5.08. The van der Waals surface area contributed by atoms with Crippen LogP contribution in [0.3, 0.4) is 0 Å². The van der Waals surface area contributed by atoms with Crippen LogP contribution in [0, 0.1) is 0 Å². The summed E-state index contributed by atoms with van der Waals surface area (Å²) in [5.74, 6) is -2.03. The number of rotatable bonds is 7. The van der Waals surface area contributed by atoms with E-state index < -0.39 is 12.1 Å². The molecule has 2 amide bonds. The van der Waals surface area contributed by atoms with Crippen LogP contribution in [0.25, 0.3) is 0 Å². The minimum absolute atomic E-state index is 0.0520. The highest BCUT2D eigenvalue weighted by Gasteiger charge is 2.38. The molecule has 1 aromatic carbocycles. The molecule has 1 aliphatic heterocycles. The Morgan fingerprint density at radius 3 is 2.32 bits per heavy atom. The van der Waals surface area contributed by atoms with Crippen molar-refractivity contribution >= 4 is 17.8 Å². The first kappa shape index (κ1) is 26.2. The van der Waals surface area contributed by atoms with Crippen molar-refractivity contribution in [2.24, 2.45) is 0 Å². The lowest BCUT2D eigenvalue weighted by molar-refractivity contribution is -0.192. The number of carbonyl (C=O) groups is 3. The highest BCUT2D eigenvalue weighted by molar-refractivity contribution is 5.94. The molecular formula is C20H28F3N3O5. The molecule has 0 atom stereocenters. The minimum Gasteiger partial charge on any atom is -0.497 e. The van der Waals surface area contributed by atoms with Crippen LogP contribution < -0.4 is 10.1 Å². The molecule has 1 aromatic rings. The third-order valence-electron chi connectivity index (χ3n) is 4.41. The summed E-state index contributed by atoms with van der Waals surface area (Å²) in [5, 5.41) is 10.4. The first-order valence-electron chi connectivity index (χ1n) is 9.82. The van der Waals surface area contributed by atoms with E-state index in [0.29, 0.717) is 30.8 Å². The molecule has 0 aliphatic carbocycles. The van der Waals surface area contributed by atoms with Crippen molar-refractivity contribution in [2.45, 2.75) is 25.9 Å². The summed E-state index contributed by atoms with van der Waals surface area (Å²) in [7, 11) is 1.58. The Bertz CT molecular complexity index is 737. The van der Waals surface area contributed by atoms with E-state index in [0.717, 1.165) is 32.6 Å². The lowest BCUT2D eigenvalue weighted by Crippen LogP contribution is -2.47. The summed E-state index contributed by atoms with van der Waals surface area (Å²) in [6, 6.07) is 7.14. The lowest BCUT2D eigenvalue weighted by Gasteiger charge is -2.29. The maximum Gasteiger partial charge on any atom is 0.490 e. The molecule has 0 spiro atoms. The Kier molecular flexibility index (Phi) is 10.8. The average molecular weight is 447 g/mol. The molecule has 8 nitrogen and oxygen atoms in total. The van der Waals surface area contributed by atoms with E-state index >= 15 is 0 Å². The smallest absolute Gasteiger partial charge is 0.490 e. The summed E-state index contributed by atoms with van der Waals surface area (Å²) in [6.45, 7) is 6.30. The topological polar surface area (TPSA) is 99.2 Å². The van der Waals surface area contributed by atoms with Crippen LogP contribution in [-0.2, 0) is 9.59 Å². The van der Waals surface area contributed by atoms with Crippen LogP contribution in [-0.4, -0.2) is 85.2 Å². The van der Waals surface area contributed by atoms with E-state index in [2.05, 4.69) is 5.32 Å². The number of carboxylic acid groups (broad SMARTS) is 1. The second kappa shape index (κ2) is 12.8. The molecular weight excluding hydrogens is 419 g/mol. The van der Waals surface area contributed by atoms with Gasteiger partial charge in [0.25, 0.3) is 5.91 Å². The quantitative estimate of drug-likeness (QED) is 0.664. The van der Waals surface area contributed by atoms with Crippen molar-refractivity contribution in [3.8, 4) is 5.75 Å². The number of halogens is 3. The molecule has 0 saturated carbocycles. The number of hydrogen-bond donors (Lipinski definition) is 2. The highest BCUT2D eigenvalue weighted by atomic mass is 19.4. The molecule has 1 fully saturated rings. The van der Waals surface area contributed by atoms with E-state index in [9.17, 15) is 22.8 Å². The highest BCUT2D eigenvalue weighted by Crippen LogP contribution is 2.15. The number of nitrogens with zero attached hydrogens (tertiary/aromatic N) is 2. The van der Waals surface area contributed by atoms with Crippen molar-refractivity contribution in [1.29, 1.82) is 0 Å². The third kappa shape index (κ3) is 9.24. The summed E-state index contributed by atoms with van der Waals surface area (Å²) in [4.78, 5) is 37.6. The number of carboxylic acids is 1. The second-order valence-electron chi connectivity index (χ2n) is 6.71. The number of alkyl halides is 3. The fourth-order valence-corrected chi connectivity index (χ4v) is 2.83. The number of nitrogens with one attached hydrogen (secondary N) is 1. The van der Waals surface area contributed by atoms with Gasteiger partial charge in [0.05, 0.1) is 7.11 Å². The maximum atomic E-state index is 12.7. The summed E-state index contributed by atoms with van der Waals surface area (Å²) < 4.78 is 36.9. The molecule has 2 N–H and O–H groups in total. The Morgan fingerprint density at radius 2 is 1.81 bits per heavy atom. The molecule has 0 radical (unpaired) electrons. The van der Waals surface area contributed by atoms with Gasteiger partial charge in [-0.15, -0.1) is 0 Å². The molecule has 31 heavy (non-hydrogen) atoms. The Morgan fingerprint density at radius 1 is 1.19 bits per heavy atom. The van der Waals surface area contributed by atoms with Crippen molar-refractivity contribution in [2.75, 3.05) is 46.4 Å². The maximum absolute atomic E-state index is 12.7. The van der Waals surface area contributed by atoms with Gasteiger partial charge in [0.2, 0.25) is 5.91 Å². The lowest BCUT2D eigenvalue weighted by atomic mass is 10.1. The molecule has 174 valence electrons. The van der Waals surface area contributed by atoms with Crippen molar-refractivity contribution < 1.29 is 37.4 Å². The zero-order valence-corrected chi connectivity index (χ0v) is 17.6. The van der Waals surface area contributed by atoms with Gasteiger partial charge in [-0.2, -0.15) is 13.2 Å². The Hall–Kier alpha value is -2.82. The van der Waals surface area contributed by atoms with Crippen molar-refractivity contribution in [3.05, 3.63) is 29.8 Å². The molecule has 1 aliphatic rings. The van der Waals surface area contributed by atoms with Gasteiger partial charge in [-0.1, -0.05) is 13.0 Å². The summed E-state index contributed by atoms with van der Waals surface area (Å²) >= 11 is 0. The van der Waals surface area contributed by atoms with Gasteiger partial charge in [0, 0.05) is 51.3 Å². The van der Waals surface area contributed by atoms with E-state index in [1.165, 1.54) is 0 Å². The van der Waals surface area contributed by atoms with E-state index in [1.807, 2.05) is 24.0 Å². The molecule has 0 aromatic heterocycles. The summed E-state index contributed by atoms with van der Waals surface area (Å²) in [6.07, 6.45) is -3.85. The normalized spacial score (nSPS) is 13.6. The molecule has 1 saturated heterocycles. The van der Waals surface area contributed by atoms with Crippen LogP contribution in [0.15, 0.2) is 24.3 Å². The Labute approximate surface area is 178 Å². The van der Waals surface area contributed by atoms with Crippen LogP contribution >= 0.6 is 0 Å². The average Bonchev–Trinajstić information content (AvgIpc) is 2.76. The number of hydrogen-bond acceptors (Lipinski definition) is 5. The fraction of sp³-hybridized carbons (Fsp3) is 0.550. The predicted octanol–water partition coefficient (Wildman–Crippen LogP) is 2.00. The van der Waals surface area contributed by atoms with Gasteiger partial charge < -0.3 is 25.0 Å². The van der Waals surface area contributed by atoms with Gasteiger partial charge in [0.15, 0.2) is 0 Å².